The van der Waals surface area contributed by atoms with Crippen LogP contribution in [0.1, 0.15) is 11.5 Å². The summed E-state index contributed by atoms with van der Waals surface area (Å²) in [5, 5.41) is 5.21. The molecule has 2 heterocycles. The molecule has 0 fully saturated rings. The Morgan fingerprint density at radius 3 is 2.00 bits per heavy atom. The molecule has 8 aromatic carbocycles. The highest BCUT2D eigenvalue weighted by Crippen LogP contribution is 2.50. The van der Waals surface area contributed by atoms with E-state index in [1.54, 1.807) is 0 Å². The van der Waals surface area contributed by atoms with Crippen molar-refractivity contribution in [3.05, 3.63) is 200 Å². The third kappa shape index (κ3) is 4.50. The van der Waals surface area contributed by atoms with Gasteiger partial charge in [-0.05, 0) is 111 Å². The maximum absolute atomic E-state index is 6.40. The summed E-state index contributed by atoms with van der Waals surface area (Å²) < 4.78 is 8.87. The third-order valence-electron chi connectivity index (χ3n) is 11.8. The Kier molecular flexibility index (Phi) is 6.46. The highest BCUT2D eigenvalue weighted by Gasteiger charge is 2.33. The number of benzene rings is 8. The van der Waals surface area contributed by atoms with Crippen LogP contribution in [0.15, 0.2) is 194 Å². The number of hydrogen-bond acceptors (Lipinski definition) is 2. The number of nitrogens with zero attached hydrogens (tertiary/aromatic N) is 2. The molecule has 0 saturated carbocycles. The molecule has 3 nitrogen and oxygen atoms in total. The van der Waals surface area contributed by atoms with Gasteiger partial charge in [0, 0.05) is 45.0 Å². The standard InChI is InChI=1S/C52H34N2O/c1-2-12-33(13-3-1)35-15-8-16-36(30-35)53(39-27-29-49-45(32-39)42-21-6-7-25-48(42)55-49)37-17-10-18-38(31-37)54-46-24-11-23-44-41-20-5-4-19-40(41)43-22-9-14-34-26-28-47(54)52(50(34)43)51(44)46/h1-32,42,48H. The van der Waals surface area contributed by atoms with Crippen molar-refractivity contribution in [3.63, 3.8) is 0 Å². The summed E-state index contributed by atoms with van der Waals surface area (Å²) >= 11 is 0. The van der Waals surface area contributed by atoms with Gasteiger partial charge < -0.3 is 14.2 Å². The van der Waals surface area contributed by atoms with Gasteiger partial charge in [0.2, 0.25) is 0 Å². The minimum Gasteiger partial charge on any atom is -0.485 e. The maximum atomic E-state index is 6.40. The van der Waals surface area contributed by atoms with Gasteiger partial charge in [0.25, 0.3) is 0 Å². The van der Waals surface area contributed by atoms with Crippen molar-refractivity contribution in [1.29, 1.82) is 0 Å². The monoisotopic (exact) mass is 702 g/mol. The van der Waals surface area contributed by atoms with E-state index in [0.717, 1.165) is 28.5 Å². The smallest absolute Gasteiger partial charge is 0.128 e. The third-order valence-corrected chi connectivity index (χ3v) is 11.8. The minimum atomic E-state index is 0.0315. The van der Waals surface area contributed by atoms with E-state index in [9.17, 15) is 0 Å². The lowest BCUT2D eigenvalue weighted by atomic mass is 9.91. The second-order valence-electron chi connectivity index (χ2n) is 14.8. The fourth-order valence-corrected chi connectivity index (χ4v) is 9.45. The normalized spacial score (nSPS) is 16.0. The highest BCUT2D eigenvalue weighted by atomic mass is 16.5. The Hall–Kier alpha value is -7.10. The van der Waals surface area contributed by atoms with Gasteiger partial charge in [-0.3, -0.25) is 0 Å². The molecule has 2 unspecified atom stereocenters. The number of ether oxygens (including phenoxy) is 1. The van der Waals surface area contributed by atoms with Gasteiger partial charge in [-0.2, -0.15) is 0 Å². The Morgan fingerprint density at radius 1 is 0.455 bits per heavy atom. The molecular formula is C52H34N2O. The first-order chi connectivity index (χ1) is 27.3. The van der Waals surface area contributed by atoms with Crippen LogP contribution >= 0.6 is 0 Å². The van der Waals surface area contributed by atoms with Crippen LogP contribution in [0.3, 0.4) is 0 Å². The fraction of sp³-hybridized carbons (Fsp3) is 0.0385. The molecule has 3 heteroatoms. The first-order valence-corrected chi connectivity index (χ1v) is 19.1. The molecule has 2 aliphatic carbocycles. The van der Waals surface area contributed by atoms with Gasteiger partial charge in [-0.25, -0.2) is 0 Å². The molecular weight excluding hydrogens is 669 g/mol. The molecule has 55 heavy (non-hydrogen) atoms. The fourth-order valence-electron chi connectivity index (χ4n) is 9.45. The first kappa shape index (κ1) is 30.4. The summed E-state index contributed by atoms with van der Waals surface area (Å²) in [6, 6.07) is 62.3. The molecule has 12 rings (SSSR count). The molecule has 0 amide bonds. The number of rotatable bonds is 5. The number of fused-ring (bicyclic) bond motifs is 6. The zero-order valence-electron chi connectivity index (χ0n) is 29.9. The summed E-state index contributed by atoms with van der Waals surface area (Å²) in [6.07, 6.45) is 8.68. The van der Waals surface area contributed by atoms with Crippen LogP contribution in [0.25, 0.3) is 71.6 Å². The van der Waals surface area contributed by atoms with Crippen molar-refractivity contribution in [1.82, 2.24) is 4.57 Å². The van der Waals surface area contributed by atoms with Crippen LogP contribution in [0.2, 0.25) is 0 Å². The van der Waals surface area contributed by atoms with Crippen molar-refractivity contribution in [3.8, 4) is 44.8 Å². The van der Waals surface area contributed by atoms with Gasteiger partial charge in [0.15, 0.2) is 0 Å². The maximum Gasteiger partial charge on any atom is 0.128 e. The summed E-state index contributed by atoms with van der Waals surface area (Å²) in [4.78, 5) is 2.40. The van der Waals surface area contributed by atoms with E-state index in [-0.39, 0.29) is 12.0 Å². The van der Waals surface area contributed by atoms with Gasteiger partial charge >= 0.3 is 0 Å². The summed E-state index contributed by atoms with van der Waals surface area (Å²) in [6.45, 7) is 0. The number of anilines is 3. The molecule has 9 aromatic rings. The number of hydrogen-bond donors (Lipinski definition) is 0. The van der Waals surface area contributed by atoms with E-state index < -0.39 is 0 Å². The second kappa shape index (κ2) is 11.7. The van der Waals surface area contributed by atoms with Crippen molar-refractivity contribution >= 4 is 49.6 Å². The SMILES string of the molecule is C1=CC2Oc3ccc(N(c4cccc(-c5ccccc5)c4)c4cccc(-n5c6cccc7c6c6c8c(cccc8ccc65)-c5ccccc5-7)c4)cc3C2C=C1. The minimum absolute atomic E-state index is 0.0315. The van der Waals surface area contributed by atoms with Crippen molar-refractivity contribution in [2.24, 2.45) is 0 Å². The molecule has 0 spiro atoms. The molecule has 1 aromatic heterocycles. The molecule has 0 radical (unpaired) electrons. The van der Waals surface area contributed by atoms with E-state index in [0.29, 0.717) is 0 Å². The van der Waals surface area contributed by atoms with Crippen LogP contribution in [0.4, 0.5) is 17.1 Å². The number of aromatic nitrogens is 1. The first-order valence-electron chi connectivity index (χ1n) is 19.1. The van der Waals surface area contributed by atoms with E-state index >= 15 is 0 Å². The molecule has 0 N–H and O–H groups in total. The van der Waals surface area contributed by atoms with Crippen LogP contribution in [0.5, 0.6) is 5.75 Å². The molecule has 0 saturated heterocycles. The second-order valence-corrected chi connectivity index (χ2v) is 14.8. The van der Waals surface area contributed by atoms with Crippen LogP contribution in [0, 0.1) is 0 Å². The molecule has 258 valence electrons. The summed E-state index contributed by atoms with van der Waals surface area (Å²) in [5.41, 5.74) is 15.5. The molecule has 2 atom stereocenters. The number of allylic oxidation sites excluding steroid dienone is 2. The van der Waals surface area contributed by atoms with Crippen LogP contribution in [-0.4, -0.2) is 10.7 Å². The Labute approximate surface area is 319 Å². The van der Waals surface area contributed by atoms with Crippen LogP contribution in [-0.2, 0) is 0 Å². The lowest BCUT2D eigenvalue weighted by Gasteiger charge is -2.27. The Balaban J connectivity index is 1.09. The summed E-state index contributed by atoms with van der Waals surface area (Å²) in [7, 11) is 0. The lowest BCUT2D eigenvalue weighted by molar-refractivity contribution is 0.269. The average molecular weight is 703 g/mol. The predicted molar refractivity (Wildman–Crippen MR) is 228 cm³/mol. The quantitative estimate of drug-likeness (QED) is 0.178. The van der Waals surface area contributed by atoms with Gasteiger partial charge in [-0.1, -0.05) is 127 Å². The van der Waals surface area contributed by atoms with E-state index in [4.69, 9.17) is 4.74 Å². The average Bonchev–Trinajstić information content (AvgIpc) is 3.76. The Bertz CT molecular complexity index is 3090. The van der Waals surface area contributed by atoms with E-state index in [2.05, 4.69) is 204 Å². The van der Waals surface area contributed by atoms with Crippen molar-refractivity contribution in [2.45, 2.75) is 12.0 Å². The van der Waals surface area contributed by atoms with Crippen molar-refractivity contribution < 1.29 is 4.74 Å². The summed E-state index contributed by atoms with van der Waals surface area (Å²) in [5.74, 6) is 1.15. The Morgan fingerprint density at radius 2 is 1.13 bits per heavy atom. The predicted octanol–water partition coefficient (Wildman–Crippen LogP) is 13.7. The molecule has 1 aliphatic heterocycles. The van der Waals surface area contributed by atoms with E-state index in [1.807, 2.05) is 0 Å². The largest absolute Gasteiger partial charge is 0.485 e. The van der Waals surface area contributed by atoms with Gasteiger partial charge in [-0.15, -0.1) is 0 Å². The lowest BCUT2D eigenvalue weighted by Crippen LogP contribution is -2.15. The molecule has 3 aliphatic rings. The van der Waals surface area contributed by atoms with E-state index in [1.165, 1.54) is 71.5 Å². The van der Waals surface area contributed by atoms with Gasteiger partial charge in [0.05, 0.1) is 11.0 Å². The van der Waals surface area contributed by atoms with Crippen LogP contribution < -0.4 is 9.64 Å². The zero-order chi connectivity index (χ0) is 36.0. The molecule has 0 bridgehead atoms. The topological polar surface area (TPSA) is 17.4 Å². The van der Waals surface area contributed by atoms with Crippen molar-refractivity contribution in [2.75, 3.05) is 4.90 Å². The zero-order valence-corrected chi connectivity index (χ0v) is 29.9. The van der Waals surface area contributed by atoms with Gasteiger partial charge in [0.1, 0.15) is 11.9 Å². The highest BCUT2D eigenvalue weighted by molar-refractivity contribution is 6.30.